The summed E-state index contributed by atoms with van der Waals surface area (Å²) >= 11 is 0. The average molecular weight is 523 g/mol. The number of nitrogens with zero attached hydrogens (tertiary/aromatic N) is 2. The van der Waals surface area contributed by atoms with Crippen molar-refractivity contribution in [2.24, 2.45) is 0 Å². The van der Waals surface area contributed by atoms with Crippen molar-refractivity contribution in [2.75, 3.05) is 11.9 Å². The number of rotatable bonds is 6. The summed E-state index contributed by atoms with van der Waals surface area (Å²) in [7, 11) is -0.657. The largest absolute Gasteiger partial charge is 0.494 e. The predicted molar refractivity (Wildman–Crippen MR) is 145 cm³/mol. The quantitative estimate of drug-likeness (QED) is 0.361. The van der Waals surface area contributed by atoms with Crippen molar-refractivity contribution < 1.29 is 28.0 Å². The average Bonchev–Trinajstić information content (AvgIpc) is 3.22. The van der Waals surface area contributed by atoms with E-state index in [1.807, 2.05) is 53.0 Å². The Bertz CT molecular complexity index is 1360. The standard InChI is InChI=1S/C28H35BFN3O5/c1-26(2,3)36-24(34)17-8-10-22-23(14-17)33(16-19-12-13-35-19)25(32-22)31-21-11-9-18(15-20(21)30)29-37-27(4,5)28(6,7)38-29/h8-11,14-15,19H,12-13,16H2,1-7H3,(H,31,32). The van der Waals surface area contributed by atoms with Crippen LogP contribution < -0.4 is 10.8 Å². The Morgan fingerprint density at radius 3 is 2.42 bits per heavy atom. The highest BCUT2D eigenvalue weighted by Gasteiger charge is 2.51. The first-order valence-corrected chi connectivity index (χ1v) is 13.0. The summed E-state index contributed by atoms with van der Waals surface area (Å²) in [6.07, 6.45) is 0.941. The molecule has 0 aliphatic carbocycles. The molecule has 5 rings (SSSR count). The number of aromatic nitrogens is 2. The van der Waals surface area contributed by atoms with Gasteiger partial charge in [0.05, 0.1) is 46.1 Å². The van der Waals surface area contributed by atoms with E-state index in [-0.39, 0.29) is 11.8 Å². The van der Waals surface area contributed by atoms with Gasteiger partial charge < -0.3 is 28.7 Å². The topological polar surface area (TPSA) is 83.8 Å². The highest BCUT2D eigenvalue weighted by molar-refractivity contribution is 6.62. The lowest BCUT2D eigenvalue weighted by Gasteiger charge is -2.32. The third-order valence-corrected chi connectivity index (χ3v) is 7.33. The lowest BCUT2D eigenvalue weighted by atomic mass is 9.79. The summed E-state index contributed by atoms with van der Waals surface area (Å²) in [5.74, 6) is -0.407. The minimum absolute atomic E-state index is 0.0220. The second kappa shape index (κ2) is 9.36. The Balaban J connectivity index is 1.44. The Kier molecular flexibility index (Phi) is 6.56. The maximum atomic E-state index is 15.3. The van der Waals surface area contributed by atoms with Gasteiger partial charge in [0.2, 0.25) is 5.95 Å². The van der Waals surface area contributed by atoms with Crippen LogP contribution in [0.3, 0.4) is 0 Å². The number of anilines is 2. The summed E-state index contributed by atoms with van der Waals surface area (Å²) in [4.78, 5) is 17.4. The molecule has 38 heavy (non-hydrogen) atoms. The molecule has 0 saturated carbocycles. The van der Waals surface area contributed by atoms with Gasteiger partial charge in [-0.1, -0.05) is 6.07 Å². The van der Waals surface area contributed by atoms with E-state index in [9.17, 15) is 4.79 Å². The third kappa shape index (κ3) is 5.17. The number of ether oxygens (including phenoxy) is 2. The van der Waals surface area contributed by atoms with Crippen LogP contribution in [0.4, 0.5) is 16.0 Å². The number of halogens is 1. The van der Waals surface area contributed by atoms with Gasteiger partial charge in [0.15, 0.2) is 0 Å². The SMILES string of the molecule is CC(C)(C)OC(=O)c1ccc2nc(Nc3ccc(B4OC(C)(C)C(C)(C)O4)cc3F)n(CC3CCO3)c2c1. The summed E-state index contributed by atoms with van der Waals surface area (Å²) in [6.45, 7) is 14.6. The molecule has 0 amide bonds. The molecule has 1 aromatic heterocycles. The van der Waals surface area contributed by atoms with Gasteiger partial charge in [-0.15, -0.1) is 0 Å². The van der Waals surface area contributed by atoms with Crippen LogP contribution in [0.15, 0.2) is 36.4 Å². The molecule has 0 spiro atoms. The van der Waals surface area contributed by atoms with Gasteiger partial charge in [-0.2, -0.15) is 0 Å². The monoisotopic (exact) mass is 523 g/mol. The van der Waals surface area contributed by atoms with Gasteiger partial charge in [-0.3, -0.25) is 0 Å². The first-order valence-electron chi connectivity index (χ1n) is 13.0. The number of hydrogen-bond acceptors (Lipinski definition) is 7. The highest BCUT2D eigenvalue weighted by Crippen LogP contribution is 2.37. The van der Waals surface area contributed by atoms with Crippen molar-refractivity contribution in [1.29, 1.82) is 0 Å². The van der Waals surface area contributed by atoms with E-state index >= 15 is 4.39 Å². The van der Waals surface area contributed by atoms with Crippen LogP contribution in [0.5, 0.6) is 0 Å². The van der Waals surface area contributed by atoms with E-state index in [2.05, 4.69) is 5.32 Å². The number of carbonyl (C=O) groups excluding carboxylic acids is 1. The Labute approximate surface area is 222 Å². The van der Waals surface area contributed by atoms with Crippen LogP contribution in [0.1, 0.15) is 65.2 Å². The zero-order valence-corrected chi connectivity index (χ0v) is 23.1. The predicted octanol–water partition coefficient (Wildman–Crippen LogP) is 4.96. The van der Waals surface area contributed by atoms with E-state index in [0.29, 0.717) is 35.6 Å². The second-order valence-electron chi connectivity index (χ2n) is 12.0. The van der Waals surface area contributed by atoms with Gasteiger partial charge in [0.1, 0.15) is 11.4 Å². The molecule has 202 valence electrons. The van der Waals surface area contributed by atoms with Crippen molar-refractivity contribution in [1.82, 2.24) is 9.55 Å². The lowest BCUT2D eigenvalue weighted by molar-refractivity contribution is -0.0583. The van der Waals surface area contributed by atoms with Crippen molar-refractivity contribution in [3.05, 3.63) is 47.8 Å². The number of carbonyl (C=O) groups is 1. The molecule has 0 bridgehead atoms. The molecule has 2 saturated heterocycles. The molecule has 2 fully saturated rings. The fraction of sp³-hybridized carbons (Fsp3) is 0.500. The summed E-state index contributed by atoms with van der Waals surface area (Å²) in [5, 5.41) is 3.14. The van der Waals surface area contributed by atoms with E-state index in [1.165, 1.54) is 6.07 Å². The molecule has 10 heteroatoms. The van der Waals surface area contributed by atoms with E-state index < -0.39 is 35.7 Å². The number of imidazole rings is 1. The Morgan fingerprint density at radius 2 is 1.84 bits per heavy atom. The third-order valence-electron chi connectivity index (χ3n) is 7.33. The molecular formula is C28H35BFN3O5. The maximum absolute atomic E-state index is 15.3. The molecule has 0 radical (unpaired) electrons. The van der Waals surface area contributed by atoms with Gasteiger partial charge in [0.25, 0.3) is 0 Å². The summed E-state index contributed by atoms with van der Waals surface area (Å²) < 4.78 is 40.6. The van der Waals surface area contributed by atoms with Crippen LogP contribution in [0.25, 0.3) is 11.0 Å². The molecule has 8 nitrogen and oxygen atoms in total. The summed E-state index contributed by atoms with van der Waals surface area (Å²) in [6, 6.07) is 10.1. The minimum Gasteiger partial charge on any atom is -0.456 e. The van der Waals surface area contributed by atoms with Crippen LogP contribution in [-0.2, 0) is 25.3 Å². The maximum Gasteiger partial charge on any atom is 0.494 e. The number of fused-ring (bicyclic) bond motifs is 1. The zero-order chi connectivity index (χ0) is 27.5. The second-order valence-corrected chi connectivity index (χ2v) is 12.0. The van der Waals surface area contributed by atoms with E-state index in [1.54, 1.807) is 30.3 Å². The van der Waals surface area contributed by atoms with Gasteiger partial charge in [-0.05, 0) is 90.7 Å². The number of esters is 1. The molecule has 2 aromatic carbocycles. The molecule has 3 heterocycles. The fourth-order valence-corrected chi connectivity index (χ4v) is 4.38. The summed E-state index contributed by atoms with van der Waals surface area (Å²) in [5.41, 5.74) is 1.06. The molecule has 3 aromatic rings. The van der Waals surface area contributed by atoms with E-state index in [0.717, 1.165) is 11.9 Å². The normalized spacial score (nSPS) is 20.4. The smallest absolute Gasteiger partial charge is 0.456 e. The van der Waals surface area contributed by atoms with Crippen LogP contribution in [-0.4, -0.2) is 52.2 Å². The molecule has 2 aliphatic rings. The number of nitrogens with one attached hydrogen (secondary N) is 1. The Morgan fingerprint density at radius 1 is 1.16 bits per heavy atom. The van der Waals surface area contributed by atoms with E-state index in [4.69, 9.17) is 23.8 Å². The van der Waals surface area contributed by atoms with Crippen LogP contribution in [0.2, 0.25) is 0 Å². The number of benzene rings is 2. The molecule has 1 unspecified atom stereocenters. The van der Waals surface area contributed by atoms with Crippen molar-refractivity contribution >= 4 is 41.2 Å². The molecule has 2 aliphatic heterocycles. The van der Waals surface area contributed by atoms with Gasteiger partial charge >= 0.3 is 13.1 Å². The molecule has 1 N–H and O–H groups in total. The van der Waals surface area contributed by atoms with Gasteiger partial charge in [0, 0.05) is 6.61 Å². The lowest BCUT2D eigenvalue weighted by Crippen LogP contribution is -2.41. The van der Waals surface area contributed by atoms with Crippen molar-refractivity contribution in [3.63, 3.8) is 0 Å². The molecule has 1 atom stereocenters. The first kappa shape index (κ1) is 26.7. The molecular weight excluding hydrogens is 488 g/mol. The zero-order valence-electron chi connectivity index (χ0n) is 23.1. The van der Waals surface area contributed by atoms with Crippen molar-refractivity contribution in [2.45, 2.75) is 84.3 Å². The minimum atomic E-state index is -0.657. The fourth-order valence-electron chi connectivity index (χ4n) is 4.38. The van der Waals surface area contributed by atoms with Gasteiger partial charge in [-0.25, -0.2) is 14.2 Å². The van der Waals surface area contributed by atoms with Crippen LogP contribution >= 0.6 is 0 Å². The highest BCUT2D eigenvalue weighted by atomic mass is 19.1. The number of hydrogen-bond donors (Lipinski definition) is 1. The Hall–Kier alpha value is -2.95. The van der Waals surface area contributed by atoms with Crippen molar-refractivity contribution in [3.8, 4) is 0 Å². The van der Waals surface area contributed by atoms with Crippen LogP contribution in [0, 0.1) is 5.82 Å². The first-order chi connectivity index (χ1) is 17.7.